The maximum atomic E-state index is 11.0. The fraction of sp³-hybridized carbons (Fsp3) is 0.462. The molecular weight excluding hydrogens is 275 g/mol. The monoisotopic (exact) mass is 292 g/mol. The van der Waals surface area contributed by atoms with Crippen molar-refractivity contribution in [2.75, 3.05) is 5.73 Å². The molecule has 106 valence electrons. The average molecular weight is 292 g/mol. The molecule has 0 spiro atoms. The summed E-state index contributed by atoms with van der Waals surface area (Å²) >= 11 is 4.69. The van der Waals surface area contributed by atoms with Crippen LogP contribution >= 0.6 is 0 Å². The van der Waals surface area contributed by atoms with Crippen LogP contribution in [0.4, 0.5) is 11.4 Å². The van der Waals surface area contributed by atoms with Gasteiger partial charge in [-0.2, -0.15) is 4.36 Å². The molecule has 1 aliphatic rings. The van der Waals surface area contributed by atoms with Crippen molar-refractivity contribution in [1.29, 1.82) is 0 Å². The van der Waals surface area contributed by atoms with Gasteiger partial charge in [-0.15, -0.1) is 0 Å². The summed E-state index contributed by atoms with van der Waals surface area (Å²) in [4.78, 5) is 11.0. The SMILES string of the molecule is CC1(C)OB(c2ccc(C=O)c(N=S)c2N)OC1(C)C. The summed E-state index contributed by atoms with van der Waals surface area (Å²) in [5.74, 6) is 0. The van der Waals surface area contributed by atoms with Crippen LogP contribution in [0.2, 0.25) is 0 Å². The van der Waals surface area contributed by atoms with Gasteiger partial charge in [0.2, 0.25) is 0 Å². The first kappa shape index (κ1) is 15.1. The Labute approximate surface area is 124 Å². The highest BCUT2D eigenvalue weighted by Crippen LogP contribution is 2.37. The molecule has 1 heterocycles. The van der Waals surface area contributed by atoms with E-state index in [1.807, 2.05) is 27.7 Å². The van der Waals surface area contributed by atoms with Crippen LogP contribution in [0, 0.1) is 0 Å². The zero-order valence-electron chi connectivity index (χ0n) is 12.0. The normalized spacial score (nSPS) is 19.9. The van der Waals surface area contributed by atoms with E-state index in [1.165, 1.54) is 0 Å². The van der Waals surface area contributed by atoms with Crippen molar-refractivity contribution < 1.29 is 14.1 Å². The molecule has 1 aromatic rings. The first-order valence-corrected chi connectivity index (χ1v) is 6.66. The Hall–Kier alpha value is -1.31. The van der Waals surface area contributed by atoms with Gasteiger partial charge in [0, 0.05) is 23.5 Å². The maximum absolute atomic E-state index is 11.0. The van der Waals surface area contributed by atoms with Crippen LogP contribution in [0.5, 0.6) is 0 Å². The fourth-order valence-corrected chi connectivity index (χ4v) is 2.22. The highest BCUT2D eigenvalue weighted by molar-refractivity contribution is 7.47. The summed E-state index contributed by atoms with van der Waals surface area (Å²) in [5.41, 5.74) is 6.74. The molecule has 1 saturated heterocycles. The summed E-state index contributed by atoms with van der Waals surface area (Å²) < 4.78 is 15.5. The van der Waals surface area contributed by atoms with Crippen LogP contribution in [0.25, 0.3) is 0 Å². The number of carbonyl (C=O) groups excluding carboxylic acids is 1. The summed E-state index contributed by atoms with van der Waals surface area (Å²) in [5, 5.41) is 0. The quantitative estimate of drug-likeness (QED) is 0.522. The third kappa shape index (κ3) is 2.26. The molecule has 0 amide bonds. The maximum Gasteiger partial charge on any atom is 0.497 e. The number of hydrogen-bond acceptors (Lipinski definition) is 6. The molecule has 1 fully saturated rings. The first-order valence-electron chi connectivity index (χ1n) is 6.30. The van der Waals surface area contributed by atoms with Gasteiger partial charge in [0.15, 0.2) is 6.29 Å². The van der Waals surface area contributed by atoms with E-state index in [0.717, 1.165) is 0 Å². The molecule has 0 bridgehead atoms. The number of nitrogen functional groups attached to an aromatic ring is 1. The lowest BCUT2D eigenvalue weighted by atomic mass is 9.77. The van der Waals surface area contributed by atoms with Crippen molar-refractivity contribution in [3.63, 3.8) is 0 Å². The molecule has 0 unspecified atom stereocenters. The lowest BCUT2D eigenvalue weighted by molar-refractivity contribution is 0.00578. The smallest absolute Gasteiger partial charge is 0.399 e. The van der Waals surface area contributed by atoms with E-state index in [2.05, 4.69) is 16.8 Å². The van der Waals surface area contributed by atoms with Gasteiger partial charge in [-0.05, 0) is 33.8 Å². The number of aldehydes is 1. The summed E-state index contributed by atoms with van der Waals surface area (Å²) in [6.45, 7) is 7.84. The van der Waals surface area contributed by atoms with Gasteiger partial charge < -0.3 is 15.0 Å². The molecule has 0 saturated carbocycles. The van der Waals surface area contributed by atoms with Gasteiger partial charge in [-0.25, -0.2) is 0 Å². The van der Waals surface area contributed by atoms with Gasteiger partial charge in [0.25, 0.3) is 0 Å². The number of anilines is 1. The molecule has 0 aromatic heterocycles. The van der Waals surface area contributed by atoms with E-state index in [4.69, 9.17) is 15.0 Å². The molecule has 1 aliphatic heterocycles. The van der Waals surface area contributed by atoms with Crippen molar-refractivity contribution in [3.05, 3.63) is 17.7 Å². The second kappa shape index (κ2) is 4.91. The van der Waals surface area contributed by atoms with Gasteiger partial charge >= 0.3 is 7.12 Å². The topological polar surface area (TPSA) is 73.9 Å². The number of hydrogen-bond donors (Lipinski definition) is 1. The van der Waals surface area contributed by atoms with Gasteiger partial charge in [-0.1, -0.05) is 6.07 Å². The minimum Gasteiger partial charge on any atom is -0.399 e. The molecule has 2 N–H and O–H groups in total. The zero-order valence-corrected chi connectivity index (χ0v) is 12.8. The highest BCUT2D eigenvalue weighted by Gasteiger charge is 2.52. The first-order chi connectivity index (χ1) is 9.23. The minimum absolute atomic E-state index is 0.294. The van der Waals surface area contributed by atoms with Gasteiger partial charge in [-0.3, -0.25) is 4.79 Å². The third-order valence-electron chi connectivity index (χ3n) is 4.01. The summed E-state index contributed by atoms with van der Waals surface area (Å²) in [6, 6.07) is 3.33. The Morgan fingerprint density at radius 1 is 1.25 bits per heavy atom. The van der Waals surface area contributed by atoms with E-state index >= 15 is 0 Å². The second-order valence-electron chi connectivity index (χ2n) is 5.80. The van der Waals surface area contributed by atoms with E-state index < -0.39 is 18.3 Å². The van der Waals surface area contributed by atoms with Crippen molar-refractivity contribution >= 4 is 42.7 Å². The van der Waals surface area contributed by atoms with Gasteiger partial charge in [0.1, 0.15) is 5.69 Å². The molecule has 20 heavy (non-hydrogen) atoms. The number of rotatable bonds is 3. The van der Waals surface area contributed by atoms with E-state index in [0.29, 0.717) is 28.7 Å². The molecule has 7 heteroatoms. The Kier molecular flexibility index (Phi) is 3.70. The molecule has 2 rings (SSSR count). The van der Waals surface area contributed by atoms with Crippen molar-refractivity contribution in [1.82, 2.24) is 0 Å². The number of carbonyl (C=O) groups is 1. The number of benzene rings is 1. The van der Waals surface area contributed by atoms with Crippen LogP contribution in [0.3, 0.4) is 0 Å². The van der Waals surface area contributed by atoms with E-state index in [-0.39, 0.29) is 0 Å². The Morgan fingerprint density at radius 3 is 2.25 bits per heavy atom. The number of nitrogens with two attached hydrogens (primary N) is 1. The summed E-state index contributed by atoms with van der Waals surface area (Å²) in [6.07, 6.45) is 0.676. The van der Waals surface area contributed by atoms with Crippen LogP contribution < -0.4 is 11.2 Å². The standard InChI is InChI=1S/C13H17BN2O3S/c1-12(2)13(3,4)19-14(18-12)9-6-5-8(7-17)11(16-20)10(9)15/h5-7H,15H2,1-4H3. The predicted octanol–water partition coefficient (Wildman–Crippen LogP) is 1.74. The molecule has 5 nitrogen and oxygen atoms in total. The fourth-order valence-electron chi connectivity index (χ4n) is 2.01. The number of nitrogens with zero attached hydrogens (tertiary/aromatic N) is 1. The van der Waals surface area contributed by atoms with E-state index in [1.54, 1.807) is 12.1 Å². The molecule has 0 aliphatic carbocycles. The molecule has 0 radical (unpaired) electrons. The molecular formula is C13H17BN2O3S. The van der Waals surface area contributed by atoms with E-state index in [9.17, 15) is 4.79 Å². The zero-order chi connectivity index (χ0) is 15.1. The van der Waals surface area contributed by atoms with Crippen LogP contribution in [0.15, 0.2) is 16.5 Å². The van der Waals surface area contributed by atoms with Crippen molar-refractivity contribution in [2.24, 2.45) is 4.36 Å². The predicted molar refractivity (Wildman–Crippen MR) is 81.4 cm³/mol. The Balaban J connectivity index is 2.46. The lowest BCUT2D eigenvalue weighted by Gasteiger charge is -2.32. The lowest BCUT2D eigenvalue weighted by Crippen LogP contribution is -2.41. The van der Waals surface area contributed by atoms with Crippen molar-refractivity contribution in [2.45, 2.75) is 38.9 Å². The Bertz CT molecular complexity index is 559. The molecule has 1 aromatic carbocycles. The van der Waals surface area contributed by atoms with Crippen LogP contribution in [0.1, 0.15) is 38.1 Å². The van der Waals surface area contributed by atoms with Crippen LogP contribution in [-0.4, -0.2) is 24.6 Å². The average Bonchev–Trinajstić information content (AvgIpc) is 2.57. The highest BCUT2D eigenvalue weighted by atomic mass is 32.1. The third-order valence-corrected chi connectivity index (χ3v) is 4.19. The largest absolute Gasteiger partial charge is 0.497 e. The van der Waals surface area contributed by atoms with Crippen molar-refractivity contribution in [3.8, 4) is 0 Å². The Morgan fingerprint density at radius 2 is 1.80 bits per heavy atom. The second-order valence-corrected chi connectivity index (χ2v) is 5.99. The molecule has 0 atom stereocenters. The van der Waals surface area contributed by atoms with Gasteiger partial charge in [0.05, 0.1) is 16.9 Å². The summed E-state index contributed by atoms with van der Waals surface area (Å²) in [7, 11) is -0.601. The minimum atomic E-state index is -0.601. The van der Waals surface area contributed by atoms with Crippen LogP contribution in [-0.2, 0) is 21.7 Å².